The van der Waals surface area contributed by atoms with Gasteiger partial charge >= 0.3 is 0 Å². The SMILES string of the molecule is CCNC(=O)CNc1ccc(C)cc1. The number of amides is 1. The Bertz CT molecular complexity index is 293. The van der Waals surface area contributed by atoms with Crippen LogP contribution in [0.15, 0.2) is 24.3 Å². The predicted molar refractivity (Wildman–Crippen MR) is 58.4 cm³/mol. The first kappa shape index (κ1) is 10.6. The van der Waals surface area contributed by atoms with E-state index < -0.39 is 0 Å². The van der Waals surface area contributed by atoms with E-state index in [9.17, 15) is 4.79 Å². The summed E-state index contributed by atoms with van der Waals surface area (Å²) in [7, 11) is 0. The van der Waals surface area contributed by atoms with Gasteiger partial charge in [0.25, 0.3) is 0 Å². The van der Waals surface area contributed by atoms with Crippen molar-refractivity contribution >= 4 is 11.6 Å². The zero-order valence-electron chi connectivity index (χ0n) is 8.63. The third-order valence-electron chi connectivity index (χ3n) is 1.88. The van der Waals surface area contributed by atoms with E-state index in [2.05, 4.69) is 10.6 Å². The molecule has 0 fully saturated rings. The molecule has 0 aliphatic heterocycles. The largest absolute Gasteiger partial charge is 0.376 e. The van der Waals surface area contributed by atoms with Crippen LogP contribution in [-0.4, -0.2) is 19.0 Å². The van der Waals surface area contributed by atoms with Gasteiger partial charge < -0.3 is 10.6 Å². The van der Waals surface area contributed by atoms with Gasteiger partial charge in [-0.2, -0.15) is 0 Å². The number of carbonyl (C=O) groups excluding carboxylic acids is 1. The van der Waals surface area contributed by atoms with Gasteiger partial charge in [-0.3, -0.25) is 4.79 Å². The van der Waals surface area contributed by atoms with E-state index in [0.29, 0.717) is 13.1 Å². The Balaban J connectivity index is 2.38. The second-order valence-electron chi connectivity index (χ2n) is 3.17. The summed E-state index contributed by atoms with van der Waals surface area (Å²) >= 11 is 0. The van der Waals surface area contributed by atoms with Gasteiger partial charge in [-0.05, 0) is 26.0 Å². The number of rotatable bonds is 4. The second-order valence-corrected chi connectivity index (χ2v) is 3.17. The number of aryl methyl sites for hydroxylation is 1. The van der Waals surface area contributed by atoms with E-state index in [-0.39, 0.29) is 5.91 Å². The maximum Gasteiger partial charge on any atom is 0.239 e. The van der Waals surface area contributed by atoms with Crippen LogP contribution >= 0.6 is 0 Å². The highest BCUT2D eigenvalue weighted by atomic mass is 16.1. The molecule has 0 atom stereocenters. The lowest BCUT2D eigenvalue weighted by Crippen LogP contribution is -2.29. The molecule has 1 rings (SSSR count). The monoisotopic (exact) mass is 192 g/mol. The first-order valence-electron chi connectivity index (χ1n) is 4.79. The highest BCUT2D eigenvalue weighted by molar-refractivity contribution is 5.80. The molecule has 0 radical (unpaired) electrons. The Morgan fingerprint density at radius 3 is 2.50 bits per heavy atom. The third-order valence-corrected chi connectivity index (χ3v) is 1.88. The van der Waals surface area contributed by atoms with Crippen molar-refractivity contribution in [2.45, 2.75) is 13.8 Å². The lowest BCUT2D eigenvalue weighted by Gasteiger charge is -2.06. The molecule has 0 aromatic heterocycles. The minimum atomic E-state index is 0.0214. The Hall–Kier alpha value is -1.51. The van der Waals surface area contributed by atoms with Gasteiger partial charge in [0.2, 0.25) is 5.91 Å². The molecule has 0 spiro atoms. The maximum atomic E-state index is 11.1. The van der Waals surface area contributed by atoms with Crippen LogP contribution in [-0.2, 0) is 4.79 Å². The Kier molecular flexibility index (Phi) is 3.98. The maximum absolute atomic E-state index is 11.1. The molecule has 14 heavy (non-hydrogen) atoms. The lowest BCUT2D eigenvalue weighted by molar-refractivity contribution is -0.119. The Morgan fingerprint density at radius 1 is 1.29 bits per heavy atom. The summed E-state index contributed by atoms with van der Waals surface area (Å²) in [5.74, 6) is 0.0214. The molecule has 0 saturated heterocycles. The molecule has 76 valence electrons. The summed E-state index contributed by atoms with van der Waals surface area (Å²) < 4.78 is 0. The van der Waals surface area contributed by atoms with E-state index >= 15 is 0 Å². The van der Waals surface area contributed by atoms with Crippen LogP contribution in [0, 0.1) is 6.92 Å². The number of hydrogen-bond donors (Lipinski definition) is 2. The van der Waals surface area contributed by atoms with Crippen molar-refractivity contribution in [2.75, 3.05) is 18.4 Å². The molecule has 3 nitrogen and oxygen atoms in total. The molecule has 0 saturated carbocycles. The fourth-order valence-electron chi connectivity index (χ4n) is 1.11. The average molecular weight is 192 g/mol. The molecule has 2 N–H and O–H groups in total. The predicted octanol–water partition coefficient (Wildman–Crippen LogP) is 1.54. The molecule has 3 heteroatoms. The number of anilines is 1. The molecule has 1 aromatic carbocycles. The second kappa shape index (κ2) is 5.27. The highest BCUT2D eigenvalue weighted by Gasteiger charge is 1.97. The topological polar surface area (TPSA) is 41.1 Å². The summed E-state index contributed by atoms with van der Waals surface area (Å²) in [4.78, 5) is 11.1. The van der Waals surface area contributed by atoms with Crippen molar-refractivity contribution < 1.29 is 4.79 Å². The normalized spacial score (nSPS) is 9.57. The van der Waals surface area contributed by atoms with Crippen molar-refractivity contribution in [1.29, 1.82) is 0 Å². The van der Waals surface area contributed by atoms with Crippen molar-refractivity contribution in [3.05, 3.63) is 29.8 Å². The van der Waals surface area contributed by atoms with Crippen LogP contribution in [0.2, 0.25) is 0 Å². The summed E-state index contributed by atoms with van der Waals surface area (Å²) in [5, 5.41) is 5.77. The van der Waals surface area contributed by atoms with Crippen LogP contribution in [0.5, 0.6) is 0 Å². The van der Waals surface area contributed by atoms with Crippen LogP contribution in [0.25, 0.3) is 0 Å². The van der Waals surface area contributed by atoms with Gasteiger partial charge in [0.1, 0.15) is 0 Å². The Morgan fingerprint density at radius 2 is 1.93 bits per heavy atom. The first-order chi connectivity index (χ1) is 6.72. The summed E-state index contributed by atoms with van der Waals surface area (Å²) in [5.41, 5.74) is 2.19. The number of hydrogen-bond acceptors (Lipinski definition) is 2. The Labute approximate surface area is 84.5 Å². The molecule has 0 aliphatic rings. The van der Waals surface area contributed by atoms with Crippen LogP contribution in [0.3, 0.4) is 0 Å². The smallest absolute Gasteiger partial charge is 0.239 e. The van der Waals surface area contributed by atoms with E-state index in [4.69, 9.17) is 0 Å². The molecule has 0 bridgehead atoms. The molecule has 1 amide bonds. The minimum absolute atomic E-state index is 0.0214. The van der Waals surface area contributed by atoms with Crippen LogP contribution in [0.4, 0.5) is 5.69 Å². The van der Waals surface area contributed by atoms with Crippen molar-refractivity contribution in [1.82, 2.24) is 5.32 Å². The molecule has 0 heterocycles. The summed E-state index contributed by atoms with van der Waals surface area (Å²) in [6.45, 7) is 4.95. The van der Waals surface area contributed by atoms with Crippen molar-refractivity contribution in [2.24, 2.45) is 0 Å². The van der Waals surface area contributed by atoms with Crippen molar-refractivity contribution in [3.63, 3.8) is 0 Å². The first-order valence-corrected chi connectivity index (χ1v) is 4.79. The lowest BCUT2D eigenvalue weighted by atomic mass is 10.2. The van der Waals surface area contributed by atoms with E-state index in [1.54, 1.807) is 0 Å². The number of likely N-dealkylation sites (N-methyl/N-ethyl adjacent to an activating group) is 1. The summed E-state index contributed by atoms with van der Waals surface area (Å²) in [6, 6.07) is 7.96. The van der Waals surface area contributed by atoms with Gasteiger partial charge in [-0.15, -0.1) is 0 Å². The molecular formula is C11H16N2O. The number of benzene rings is 1. The molecule has 0 aliphatic carbocycles. The van der Waals surface area contributed by atoms with E-state index in [0.717, 1.165) is 5.69 Å². The average Bonchev–Trinajstić information content (AvgIpc) is 2.17. The minimum Gasteiger partial charge on any atom is -0.376 e. The van der Waals surface area contributed by atoms with Gasteiger partial charge in [0.15, 0.2) is 0 Å². The van der Waals surface area contributed by atoms with Gasteiger partial charge in [0.05, 0.1) is 6.54 Å². The molecular weight excluding hydrogens is 176 g/mol. The van der Waals surface area contributed by atoms with Crippen LogP contribution in [0.1, 0.15) is 12.5 Å². The van der Waals surface area contributed by atoms with Crippen molar-refractivity contribution in [3.8, 4) is 0 Å². The van der Waals surface area contributed by atoms with Gasteiger partial charge in [0, 0.05) is 12.2 Å². The zero-order valence-corrected chi connectivity index (χ0v) is 8.63. The fraction of sp³-hybridized carbons (Fsp3) is 0.364. The number of carbonyl (C=O) groups is 1. The fourth-order valence-corrected chi connectivity index (χ4v) is 1.11. The van der Waals surface area contributed by atoms with Gasteiger partial charge in [-0.1, -0.05) is 17.7 Å². The van der Waals surface area contributed by atoms with E-state index in [1.807, 2.05) is 38.1 Å². The van der Waals surface area contributed by atoms with E-state index in [1.165, 1.54) is 5.56 Å². The summed E-state index contributed by atoms with van der Waals surface area (Å²) in [6.07, 6.45) is 0. The number of nitrogens with one attached hydrogen (secondary N) is 2. The highest BCUT2D eigenvalue weighted by Crippen LogP contribution is 2.07. The van der Waals surface area contributed by atoms with Crippen LogP contribution < -0.4 is 10.6 Å². The zero-order chi connectivity index (χ0) is 10.4. The van der Waals surface area contributed by atoms with Gasteiger partial charge in [-0.25, -0.2) is 0 Å². The third kappa shape index (κ3) is 3.47. The standard InChI is InChI=1S/C11H16N2O/c1-3-12-11(14)8-13-10-6-4-9(2)5-7-10/h4-7,13H,3,8H2,1-2H3,(H,12,14). The quantitative estimate of drug-likeness (QED) is 0.759. The molecule has 0 unspecified atom stereocenters. The molecule has 1 aromatic rings.